The number of aliphatic imine (C=N–C) groups is 1. The van der Waals surface area contributed by atoms with E-state index in [0.29, 0.717) is 22.9 Å². The molecule has 190 valence electrons. The summed E-state index contributed by atoms with van der Waals surface area (Å²) in [5.41, 5.74) is 0.845. The first kappa shape index (κ1) is 27.4. The van der Waals surface area contributed by atoms with Crippen LogP contribution in [0.25, 0.3) is 0 Å². The third-order valence-electron chi connectivity index (χ3n) is 5.04. The van der Waals surface area contributed by atoms with Gasteiger partial charge in [0.15, 0.2) is 16.7 Å². The van der Waals surface area contributed by atoms with E-state index >= 15 is 0 Å². The number of hydrogen-bond donors (Lipinski definition) is 1. The number of anilines is 1. The van der Waals surface area contributed by atoms with Gasteiger partial charge in [-0.15, -0.1) is 0 Å². The molecule has 0 fully saturated rings. The number of amides is 1. The predicted octanol–water partition coefficient (Wildman–Crippen LogP) is 6.06. The Morgan fingerprint density at radius 2 is 1.64 bits per heavy atom. The zero-order valence-electron chi connectivity index (χ0n) is 19.6. The van der Waals surface area contributed by atoms with Crippen molar-refractivity contribution in [2.45, 2.75) is 5.75 Å². The van der Waals surface area contributed by atoms with Gasteiger partial charge in [0.25, 0.3) is 0 Å². The fourth-order valence-corrected chi connectivity index (χ4v) is 4.36. The minimum Gasteiger partial charge on any atom is -0.493 e. The Hall–Kier alpha value is -3.18. The maximum absolute atomic E-state index is 14.3. The van der Waals surface area contributed by atoms with Gasteiger partial charge in [0.2, 0.25) is 5.91 Å². The minimum absolute atomic E-state index is 0.0856. The van der Waals surface area contributed by atoms with Gasteiger partial charge in [-0.25, -0.2) is 18.2 Å². The minimum atomic E-state index is -0.709. The molecule has 0 unspecified atom stereocenters. The number of carbonyl (C=O) groups excluding carboxylic acids is 1. The first-order valence-corrected chi connectivity index (χ1v) is 12.3. The summed E-state index contributed by atoms with van der Waals surface area (Å²) in [5.74, 6) is -1.25. The second kappa shape index (κ2) is 12.7. The highest BCUT2D eigenvalue weighted by Gasteiger charge is 2.16. The lowest BCUT2D eigenvalue weighted by molar-refractivity contribution is -0.117. The van der Waals surface area contributed by atoms with Crippen LogP contribution in [0.2, 0.25) is 0 Å². The maximum Gasteiger partial charge on any atom is 0.246 e. The summed E-state index contributed by atoms with van der Waals surface area (Å²) in [6.07, 6.45) is 0. The number of nitrogens with one attached hydrogen (secondary N) is 1. The van der Waals surface area contributed by atoms with Gasteiger partial charge < -0.3 is 19.7 Å². The van der Waals surface area contributed by atoms with Crippen LogP contribution in [0.15, 0.2) is 64.1 Å². The van der Waals surface area contributed by atoms with Crippen molar-refractivity contribution in [3.05, 3.63) is 82.1 Å². The van der Waals surface area contributed by atoms with E-state index in [1.54, 1.807) is 25.2 Å². The lowest BCUT2D eigenvalue weighted by Gasteiger charge is -2.20. The Labute approximate surface area is 219 Å². The molecular formula is C25H23BrF3N3O3S. The Morgan fingerprint density at radius 1 is 1.00 bits per heavy atom. The summed E-state index contributed by atoms with van der Waals surface area (Å²) < 4.78 is 52.7. The Morgan fingerprint density at radius 3 is 2.25 bits per heavy atom. The highest BCUT2D eigenvalue weighted by Crippen LogP contribution is 2.31. The van der Waals surface area contributed by atoms with Crippen LogP contribution in [0.1, 0.15) is 5.56 Å². The van der Waals surface area contributed by atoms with Gasteiger partial charge in [-0.05, 0) is 48.5 Å². The van der Waals surface area contributed by atoms with Crippen molar-refractivity contribution in [2.75, 3.05) is 32.7 Å². The smallest absolute Gasteiger partial charge is 0.246 e. The number of hydrogen-bond acceptors (Lipinski definition) is 5. The van der Waals surface area contributed by atoms with Crippen molar-refractivity contribution in [3.8, 4) is 11.5 Å². The molecule has 3 rings (SSSR count). The van der Waals surface area contributed by atoms with Crippen LogP contribution in [-0.2, 0) is 10.5 Å². The molecule has 0 heterocycles. The van der Waals surface area contributed by atoms with Crippen molar-refractivity contribution in [1.29, 1.82) is 0 Å². The van der Waals surface area contributed by atoms with E-state index in [2.05, 4.69) is 26.2 Å². The van der Waals surface area contributed by atoms with E-state index in [9.17, 15) is 18.0 Å². The molecule has 0 atom stereocenters. The molecule has 0 saturated carbocycles. The number of carbonyl (C=O) groups is 1. The first-order valence-electron chi connectivity index (χ1n) is 10.5. The van der Waals surface area contributed by atoms with Gasteiger partial charge in [-0.3, -0.25) is 4.79 Å². The first-order chi connectivity index (χ1) is 17.2. The Bertz CT molecular complexity index is 1240. The van der Waals surface area contributed by atoms with E-state index in [1.807, 2.05) is 0 Å². The summed E-state index contributed by atoms with van der Waals surface area (Å²) in [6, 6.07) is 12.8. The zero-order valence-corrected chi connectivity index (χ0v) is 22.1. The molecule has 1 N–H and O–H groups in total. The van der Waals surface area contributed by atoms with Gasteiger partial charge >= 0.3 is 0 Å². The third-order valence-corrected chi connectivity index (χ3v) is 6.44. The van der Waals surface area contributed by atoms with E-state index in [1.165, 1.54) is 55.5 Å². The molecule has 11 heteroatoms. The molecule has 0 saturated heterocycles. The molecule has 3 aromatic carbocycles. The average Bonchev–Trinajstić information content (AvgIpc) is 2.86. The molecule has 6 nitrogen and oxygen atoms in total. The number of likely N-dealkylation sites (N-methyl/N-ethyl adjacent to an activating group) is 1. The number of benzene rings is 3. The van der Waals surface area contributed by atoms with Crippen LogP contribution >= 0.6 is 27.7 Å². The molecular weight excluding hydrogens is 559 g/mol. The van der Waals surface area contributed by atoms with Gasteiger partial charge in [-0.2, -0.15) is 0 Å². The largest absolute Gasteiger partial charge is 0.493 e. The molecule has 0 bridgehead atoms. The SMILES string of the molecule is COc1ccc(N(C)C(=O)CN/C(=N/c2ccc(F)cc2)SCc2c(F)cc(Br)cc2F)cc1OC. The van der Waals surface area contributed by atoms with Gasteiger partial charge in [0.1, 0.15) is 17.5 Å². The van der Waals surface area contributed by atoms with Gasteiger partial charge in [-0.1, -0.05) is 27.7 Å². The Balaban J connectivity index is 1.76. The molecule has 3 aromatic rings. The number of thioether (sulfide) groups is 1. The highest BCUT2D eigenvalue weighted by atomic mass is 79.9. The van der Waals surface area contributed by atoms with Crippen molar-refractivity contribution < 1.29 is 27.4 Å². The van der Waals surface area contributed by atoms with Crippen molar-refractivity contribution in [2.24, 2.45) is 4.99 Å². The lowest BCUT2D eigenvalue weighted by atomic mass is 10.2. The fraction of sp³-hybridized carbons (Fsp3) is 0.200. The van der Waals surface area contributed by atoms with E-state index < -0.39 is 17.5 Å². The summed E-state index contributed by atoms with van der Waals surface area (Å²) in [4.78, 5) is 18.7. The number of nitrogens with zero attached hydrogens (tertiary/aromatic N) is 2. The summed E-state index contributed by atoms with van der Waals surface area (Å²) in [7, 11) is 4.61. The van der Waals surface area contributed by atoms with Crippen LogP contribution < -0.4 is 19.7 Å². The second-order valence-electron chi connectivity index (χ2n) is 7.38. The van der Waals surface area contributed by atoms with Crippen LogP contribution in [0.4, 0.5) is 24.5 Å². The topological polar surface area (TPSA) is 63.2 Å². The average molecular weight is 582 g/mol. The summed E-state index contributed by atoms with van der Waals surface area (Å²) in [6.45, 7) is -0.164. The maximum atomic E-state index is 14.3. The summed E-state index contributed by atoms with van der Waals surface area (Å²) >= 11 is 4.07. The molecule has 0 aliphatic heterocycles. The van der Waals surface area contributed by atoms with Crippen molar-refractivity contribution >= 4 is 50.1 Å². The monoisotopic (exact) mass is 581 g/mol. The molecule has 0 aromatic heterocycles. The molecule has 36 heavy (non-hydrogen) atoms. The van der Waals surface area contributed by atoms with Crippen LogP contribution in [0.5, 0.6) is 11.5 Å². The van der Waals surface area contributed by atoms with Crippen LogP contribution in [0.3, 0.4) is 0 Å². The number of ether oxygens (including phenoxy) is 2. The Kier molecular flexibility index (Phi) is 9.65. The number of amidine groups is 1. The fourth-order valence-electron chi connectivity index (χ4n) is 3.05. The van der Waals surface area contributed by atoms with Gasteiger partial charge in [0.05, 0.1) is 26.5 Å². The third kappa shape index (κ3) is 7.17. The van der Waals surface area contributed by atoms with Crippen molar-refractivity contribution in [1.82, 2.24) is 5.32 Å². The van der Waals surface area contributed by atoms with E-state index in [0.717, 1.165) is 11.8 Å². The van der Waals surface area contributed by atoms with Crippen molar-refractivity contribution in [3.63, 3.8) is 0 Å². The highest BCUT2D eigenvalue weighted by molar-refractivity contribution is 9.10. The quantitative estimate of drug-likeness (QED) is 0.259. The standard InChI is InChI=1S/C25H23BrF3N3O3S/c1-32(18-8-9-22(34-2)23(12-18)35-3)24(33)13-30-25(31-17-6-4-16(27)5-7-17)36-14-19-20(28)10-15(26)11-21(19)29/h4-12H,13-14H2,1-3H3,(H,30,31). The molecule has 0 aliphatic carbocycles. The second-order valence-corrected chi connectivity index (χ2v) is 9.26. The lowest BCUT2D eigenvalue weighted by Crippen LogP contribution is -2.37. The number of halogens is 4. The van der Waals surface area contributed by atoms with Crippen LogP contribution in [-0.4, -0.2) is 38.9 Å². The number of rotatable bonds is 8. The summed E-state index contributed by atoms with van der Waals surface area (Å²) in [5, 5.41) is 3.16. The van der Waals surface area contributed by atoms with Gasteiger partial charge in [0, 0.05) is 34.6 Å². The molecule has 0 aliphatic rings. The zero-order chi connectivity index (χ0) is 26.2. The van der Waals surface area contributed by atoms with E-state index in [4.69, 9.17) is 9.47 Å². The molecule has 0 spiro atoms. The van der Waals surface area contributed by atoms with Crippen LogP contribution in [0, 0.1) is 17.5 Å². The molecule has 0 radical (unpaired) electrons. The predicted molar refractivity (Wildman–Crippen MR) is 140 cm³/mol. The normalized spacial score (nSPS) is 11.2. The molecule has 1 amide bonds. The number of methoxy groups -OCH3 is 2. The van der Waals surface area contributed by atoms with E-state index in [-0.39, 0.29) is 33.4 Å².